The molecule has 0 saturated heterocycles. The highest BCUT2D eigenvalue weighted by atomic mass is 79.9. The van der Waals surface area contributed by atoms with Crippen LogP contribution in [0.25, 0.3) is 0 Å². The number of rotatable bonds is 3. The number of aryl methyl sites for hydroxylation is 1. The Labute approximate surface area is 111 Å². The van der Waals surface area contributed by atoms with Crippen LogP contribution >= 0.6 is 15.9 Å². The Kier molecular flexibility index (Phi) is 3.77. The van der Waals surface area contributed by atoms with Crippen LogP contribution in [0.15, 0.2) is 28.9 Å². The van der Waals surface area contributed by atoms with Gasteiger partial charge in [-0.05, 0) is 28.9 Å². The van der Waals surface area contributed by atoms with Crippen molar-refractivity contribution >= 4 is 15.9 Å². The van der Waals surface area contributed by atoms with Gasteiger partial charge in [0.1, 0.15) is 17.7 Å². The summed E-state index contributed by atoms with van der Waals surface area (Å²) in [6, 6.07) is 3.11. The number of halogens is 3. The van der Waals surface area contributed by atoms with Crippen molar-refractivity contribution in [3.8, 4) is 0 Å². The molecule has 3 nitrogen and oxygen atoms in total. The summed E-state index contributed by atoms with van der Waals surface area (Å²) in [6.07, 6.45) is 0.622. The maximum absolute atomic E-state index is 13.4. The lowest BCUT2D eigenvalue weighted by atomic mass is 10.1. The van der Waals surface area contributed by atoms with E-state index in [0.29, 0.717) is 0 Å². The van der Waals surface area contributed by atoms with E-state index in [1.807, 2.05) is 6.92 Å². The van der Waals surface area contributed by atoms with Gasteiger partial charge in [0.2, 0.25) is 0 Å². The molecule has 2 rings (SSSR count). The summed E-state index contributed by atoms with van der Waals surface area (Å²) in [5, 5.41) is 14.0. The van der Waals surface area contributed by atoms with Gasteiger partial charge in [0, 0.05) is 17.8 Å². The third-order valence-corrected chi connectivity index (χ3v) is 3.35. The van der Waals surface area contributed by atoms with Gasteiger partial charge in [-0.25, -0.2) is 8.78 Å². The highest BCUT2D eigenvalue weighted by Crippen LogP contribution is 2.21. The van der Waals surface area contributed by atoms with E-state index in [4.69, 9.17) is 0 Å². The van der Waals surface area contributed by atoms with Gasteiger partial charge in [-0.3, -0.25) is 4.68 Å². The quantitative estimate of drug-likeness (QED) is 0.945. The first-order valence-corrected chi connectivity index (χ1v) is 6.09. The lowest BCUT2D eigenvalue weighted by molar-refractivity contribution is 0.147. The molecule has 1 unspecified atom stereocenters. The fourth-order valence-corrected chi connectivity index (χ4v) is 1.95. The van der Waals surface area contributed by atoms with Crippen LogP contribution in [0.5, 0.6) is 0 Å². The summed E-state index contributed by atoms with van der Waals surface area (Å²) >= 11 is 3.30. The zero-order chi connectivity index (χ0) is 13.3. The SMILES string of the molecule is Cc1nn(CC(O)c2ccc(F)cc2F)cc1Br. The highest BCUT2D eigenvalue weighted by Gasteiger charge is 2.15. The first-order chi connectivity index (χ1) is 8.47. The Morgan fingerprint density at radius 3 is 2.72 bits per heavy atom. The first kappa shape index (κ1) is 13.2. The minimum absolute atomic E-state index is 0.0562. The monoisotopic (exact) mass is 316 g/mol. The highest BCUT2D eigenvalue weighted by molar-refractivity contribution is 9.10. The summed E-state index contributed by atoms with van der Waals surface area (Å²) in [4.78, 5) is 0. The normalized spacial score (nSPS) is 12.7. The van der Waals surface area contributed by atoms with Crippen molar-refractivity contribution in [3.63, 3.8) is 0 Å². The number of aliphatic hydroxyl groups is 1. The molecule has 0 saturated carbocycles. The Morgan fingerprint density at radius 1 is 1.44 bits per heavy atom. The van der Waals surface area contributed by atoms with Crippen molar-refractivity contribution in [2.75, 3.05) is 0 Å². The topological polar surface area (TPSA) is 38.0 Å². The van der Waals surface area contributed by atoms with Crippen LogP contribution in [0.3, 0.4) is 0 Å². The second kappa shape index (κ2) is 5.16. The van der Waals surface area contributed by atoms with Crippen LogP contribution < -0.4 is 0 Å². The second-order valence-corrected chi connectivity index (χ2v) is 4.82. The fourth-order valence-electron chi connectivity index (χ4n) is 1.63. The van der Waals surface area contributed by atoms with E-state index in [1.54, 1.807) is 6.20 Å². The van der Waals surface area contributed by atoms with Crippen LogP contribution in [-0.2, 0) is 6.54 Å². The van der Waals surface area contributed by atoms with Gasteiger partial charge < -0.3 is 5.11 Å². The molecule has 0 aliphatic heterocycles. The molecule has 0 aliphatic carbocycles. The third-order valence-electron chi connectivity index (χ3n) is 2.57. The number of benzene rings is 1. The zero-order valence-electron chi connectivity index (χ0n) is 9.57. The molecule has 1 aromatic carbocycles. The van der Waals surface area contributed by atoms with Crippen molar-refractivity contribution in [2.45, 2.75) is 19.6 Å². The molecule has 96 valence electrons. The molecule has 0 spiro atoms. The molecule has 1 atom stereocenters. The Balaban J connectivity index is 2.19. The molecule has 0 aliphatic rings. The Morgan fingerprint density at radius 2 is 2.17 bits per heavy atom. The van der Waals surface area contributed by atoms with Crippen molar-refractivity contribution in [1.82, 2.24) is 9.78 Å². The average Bonchev–Trinajstić information content (AvgIpc) is 2.57. The van der Waals surface area contributed by atoms with Gasteiger partial charge in [-0.15, -0.1) is 0 Å². The largest absolute Gasteiger partial charge is 0.386 e. The minimum Gasteiger partial charge on any atom is -0.386 e. The number of hydrogen-bond acceptors (Lipinski definition) is 2. The van der Waals surface area contributed by atoms with Gasteiger partial charge in [-0.2, -0.15) is 5.10 Å². The summed E-state index contributed by atoms with van der Waals surface area (Å²) in [7, 11) is 0. The van der Waals surface area contributed by atoms with Crippen LogP contribution in [0.1, 0.15) is 17.4 Å². The van der Waals surface area contributed by atoms with E-state index in [0.717, 1.165) is 22.3 Å². The maximum atomic E-state index is 13.4. The van der Waals surface area contributed by atoms with Gasteiger partial charge in [0.15, 0.2) is 0 Å². The molecule has 0 radical (unpaired) electrons. The van der Waals surface area contributed by atoms with Crippen molar-refractivity contribution in [1.29, 1.82) is 0 Å². The average molecular weight is 317 g/mol. The van der Waals surface area contributed by atoms with E-state index in [9.17, 15) is 13.9 Å². The van der Waals surface area contributed by atoms with Crippen LogP contribution in [0.4, 0.5) is 8.78 Å². The van der Waals surface area contributed by atoms with E-state index < -0.39 is 17.7 Å². The molecule has 2 aromatic rings. The predicted octanol–water partition coefficient (Wildman–Crippen LogP) is 2.97. The first-order valence-electron chi connectivity index (χ1n) is 5.30. The second-order valence-electron chi connectivity index (χ2n) is 3.97. The summed E-state index contributed by atoms with van der Waals surface area (Å²) in [5.74, 6) is -1.42. The van der Waals surface area contributed by atoms with Crippen molar-refractivity contribution < 1.29 is 13.9 Å². The molecular formula is C12H11BrF2N2O. The zero-order valence-corrected chi connectivity index (χ0v) is 11.2. The molecule has 0 amide bonds. The Hall–Kier alpha value is -1.27. The van der Waals surface area contributed by atoms with Gasteiger partial charge in [-0.1, -0.05) is 6.07 Å². The van der Waals surface area contributed by atoms with E-state index >= 15 is 0 Å². The number of aromatic nitrogens is 2. The molecule has 1 N–H and O–H groups in total. The lowest BCUT2D eigenvalue weighted by Gasteiger charge is -2.12. The minimum atomic E-state index is -1.07. The van der Waals surface area contributed by atoms with E-state index in [2.05, 4.69) is 21.0 Å². The summed E-state index contributed by atoms with van der Waals surface area (Å²) in [6.45, 7) is 1.92. The molecule has 0 bridgehead atoms. The van der Waals surface area contributed by atoms with E-state index in [1.165, 1.54) is 10.7 Å². The molecule has 6 heteroatoms. The van der Waals surface area contributed by atoms with Gasteiger partial charge >= 0.3 is 0 Å². The number of aliphatic hydroxyl groups excluding tert-OH is 1. The molecule has 18 heavy (non-hydrogen) atoms. The predicted molar refractivity (Wildman–Crippen MR) is 66.0 cm³/mol. The standard InChI is InChI=1S/C12H11BrF2N2O/c1-7-10(13)5-17(16-7)6-12(18)9-3-2-8(14)4-11(9)15/h2-5,12,18H,6H2,1H3. The van der Waals surface area contributed by atoms with E-state index in [-0.39, 0.29) is 12.1 Å². The summed E-state index contributed by atoms with van der Waals surface area (Å²) < 4.78 is 28.5. The molecular weight excluding hydrogens is 306 g/mol. The fraction of sp³-hybridized carbons (Fsp3) is 0.250. The molecule has 0 fully saturated rings. The van der Waals surface area contributed by atoms with Gasteiger partial charge in [0.05, 0.1) is 16.7 Å². The van der Waals surface area contributed by atoms with Crippen LogP contribution in [0.2, 0.25) is 0 Å². The molecule has 1 heterocycles. The number of nitrogens with zero attached hydrogens (tertiary/aromatic N) is 2. The Bertz CT molecular complexity index is 552. The number of hydrogen-bond donors (Lipinski definition) is 1. The molecule has 1 aromatic heterocycles. The maximum Gasteiger partial charge on any atom is 0.131 e. The van der Waals surface area contributed by atoms with Crippen molar-refractivity contribution in [3.05, 3.63) is 51.8 Å². The van der Waals surface area contributed by atoms with Crippen LogP contribution in [0, 0.1) is 18.6 Å². The summed E-state index contributed by atoms with van der Waals surface area (Å²) in [5.41, 5.74) is 0.836. The smallest absolute Gasteiger partial charge is 0.131 e. The van der Waals surface area contributed by atoms with Crippen LogP contribution in [-0.4, -0.2) is 14.9 Å². The van der Waals surface area contributed by atoms with Crippen molar-refractivity contribution in [2.24, 2.45) is 0 Å². The lowest BCUT2D eigenvalue weighted by Crippen LogP contribution is -2.11. The van der Waals surface area contributed by atoms with Gasteiger partial charge in [0.25, 0.3) is 0 Å². The third kappa shape index (κ3) is 2.76.